The summed E-state index contributed by atoms with van der Waals surface area (Å²) in [5.41, 5.74) is 9.84. The van der Waals surface area contributed by atoms with Crippen LogP contribution >= 0.6 is 0 Å². The van der Waals surface area contributed by atoms with Gasteiger partial charge in [-0.3, -0.25) is 4.98 Å². The van der Waals surface area contributed by atoms with Crippen molar-refractivity contribution in [3.8, 4) is 23.7 Å². The van der Waals surface area contributed by atoms with E-state index in [-0.39, 0.29) is 0 Å². The van der Waals surface area contributed by atoms with Crippen molar-refractivity contribution < 1.29 is 4.74 Å². The van der Waals surface area contributed by atoms with Crippen LogP contribution in [0, 0.1) is 12.3 Å². The summed E-state index contributed by atoms with van der Waals surface area (Å²) in [6.45, 7) is 0.540. The Morgan fingerprint density at radius 3 is 2.83 bits per heavy atom. The summed E-state index contributed by atoms with van der Waals surface area (Å²) >= 11 is 0. The molecule has 1 aromatic carbocycles. The van der Waals surface area contributed by atoms with Crippen molar-refractivity contribution in [1.29, 1.82) is 0 Å². The molecule has 5 heteroatoms. The maximum atomic E-state index is 6.22. The molecule has 2 heterocycles. The van der Waals surface area contributed by atoms with Crippen LogP contribution in [0.4, 0.5) is 5.69 Å². The number of benzene rings is 1. The highest BCUT2D eigenvalue weighted by atomic mass is 16.5. The maximum absolute atomic E-state index is 6.22. The van der Waals surface area contributed by atoms with Crippen LogP contribution in [0.1, 0.15) is 11.3 Å². The van der Waals surface area contributed by atoms with E-state index in [0.717, 1.165) is 22.2 Å². The minimum Gasteiger partial charge on any atom is -0.397 e. The molecule has 0 saturated heterocycles. The van der Waals surface area contributed by atoms with Crippen LogP contribution < -0.4 is 5.73 Å². The summed E-state index contributed by atoms with van der Waals surface area (Å²) < 4.78 is 5.18. The number of rotatable bonds is 4. The number of fused-ring (bicyclic) bond motifs is 1. The molecular weight excluding hydrogens is 288 g/mol. The van der Waals surface area contributed by atoms with E-state index >= 15 is 0 Å². The van der Waals surface area contributed by atoms with Crippen molar-refractivity contribution in [2.24, 2.45) is 0 Å². The number of nitrogens with two attached hydrogens (primary N) is 1. The molecule has 0 fully saturated rings. The van der Waals surface area contributed by atoms with E-state index in [9.17, 15) is 0 Å². The van der Waals surface area contributed by atoms with E-state index < -0.39 is 0 Å². The second-order valence-electron chi connectivity index (χ2n) is 5.04. The number of nitrogens with zero attached hydrogens (tertiary/aromatic N) is 3. The molecule has 2 N–H and O–H groups in total. The molecule has 0 bridgehead atoms. The van der Waals surface area contributed by atoms with E-state index in [1.165, 1.54) is 0 Å². The fourth-order valence-corrected chi connectivity index (χ4v) is 2.46. The third kappa shape index (κ3) is 2.85. The molecule has 23 heavy (non-hydrogen) atoms. The number of ether oxygens (including phenoxy) is 1. The second kappa shape index (κ2) is 6.42. The van der Waals surface area contributed by atoms with Crippen molar-refractivity contribution in [2.45, 2.75) is 6.42 Å². The Morgan fingerprint density at radius 1 is 1.26 bits per heavy atom. The number of pyridine rings is 1. The third-order valence-corrected chi connectivity index (χ3v) is 3.60. The SMILES string of the molecule is C#Cc1ccc2nc(-c3cccnc3)nc(CCOC)c2c1N. The predicted molar refractivity (Wildman–Crippen MR) is 90.7 cm³/mol. The second-order valence-corrected chi connectivity index (χ2v) is 5.04. The van der Waals surface area contributed by atoms with Gasteiger partial charge in [-0.1, -0.05) is 5.92 Å². The van der Waals surface area contributed by atoms with Crippen molar-refractivity contribution in [3.63, 3.8) is 0 Å². The van der Waals surface area contributed by atoms with Crippen LogP contribution in [0.5, 0.6) is 0 Å². The zero-order valence-corrected chi connectivity index (χ0v) is 12.8. The predicted octanol–water partition coefficient (Wildman–Crippen LogP) is 2.44. The van der Waals surface area contributed by atoms with Gasteiger partial charge in [0, 0.05) is 42.4 Å². The standard InChI is InChI=1S/C18H16N4O/c1-3-12-6-7-14-16(17(12)19)15(8-10-23-2)22-18(21-14)13-5-4-9-20-11-13/h1,4-7,9,11H,8,10,19H2,2H3. The van der Waals surface area contributed by atoms with Gasteiger partial charge in [0.05, 0.1) is 23.5 Å². The fourth-order valence-electron chi connectivity index (χ4n) is 2.46. The van der Waals surface area contributed by atoms with Crippen LogP contribution in [0.2, 0.25) is 0 Å². The highest BCUT2D eigenvalue weighted by Crippen LogP contribution is 2.28. The third-order valence-electron chi connectivity index (χ3n) is 3.60. The minimum absolute atomic E-state index is 0.536. The Labute approximate surface area is 134 Å². The lowest BCUT2D eigenvalue weighted by molar-refractivity contribution is 0.202. The fraction of sp³-hybridized carbons (Fsp3) is 0.167. The van der Waals surface area contributed by atoms with E-state index in [4.69, 9.17) is 16.9 Å². The van der Waals surface area contributed by atoms with Gasteiger partial charge >= 0.3 is 0 Å². The summed E-state index contributed by atoms with van der Waals surface area (Å²) in [6.07, 6.45) is 9.59. The number of terminal acetylenes is 1. The van der Waals surface area contributed by atoms with E-state index in [0.29, 0.717) is 30.1 Å². The zero-order valence-electron chi connectivity index (χ0n) is 12.8. The average Bonchev–Trinajstić information content (AvgIpc) is 2.60. The molecule has 0 amide bonds. The number of anilines is 1. The van der Waals surface area contributed by atoms with Crippen molar-refractivity contribution in [3.05, 3.63) is 47.9 Å². The Bertz CT molecular complexity index is 885. The molecule has 0 unspecified atom stereocenters. The molecule has 0 saturated carbocycles. The zero-order chi connectivity index (χ0) is 16.2. The summed E-state index contributed by atoms with van der Waals surface area (Å²) in [5.74, 6) is 3.21. The Morgan fingerprint density at radius 2 is 2.13 bits per heavy atom. The van der Waals surface area contributed by atoms with Gasteiger partial charge in [-0.05, 0) is 24.3 Å². The Hall–Kier alpha value is -2.97. The highest BCUT2D eigenvalue weighted by Gasteiger charge is 2.13. The molecule has 0 aliphatic carbocycles. The van der Waals surface area contributed by atoms with Gasteiger partial charge in [0.2, 0.25) is 0 Å². The first-order valence-corrected chi connectivity index (χ1v) is 7.19. The van der Waals surface area contributed by atoms with Gasteiger partial charge in [0.25, 0.3) is 0 Å². The lowest BCUT2D eigenvalue weighted by Crippen LogP contribution is -2.05. The molecule has 0 spiro atoms. The topological polar surface area (TPSA) is 73.9 Å². The van der Waals surface area contributed by atoms with E-state index in [1.807, 2.05) is 18.2 Å². The summed E-state index contributed by atoms with van der Waals surface area (Å²) in [7, 11) is 1.65. The van der Waals surface area contributed by atoms with Crippen molar-refractivity contribution in [2.75, 3.05) is 19.5 Å². The first-order valence-electron chi connectivity index (χ1n) is 7.19. The van der Waals surface area contributed by atoms with Crippen LogP contribution in [0.3, 0.4) is 0 Å². The number of aromatic nitrogens is 3. The van der Waals surface area contributed by atoms with Crippen LogP contribution in [0.15, 0.2) is 36.7 Å². The van der Waals surface area contributed by atoms with E-state index in [2.05, 4.69) is 20.9 Å². The quantitative estimate of drug-likeness (QED) is 0.592. The molecule has 5 nitrogen and oxygen atoms in total. The van der Waals surface area contributed by atoms with E-state index in [1.54, 1.807) is 25.6 Å². The van der Waals surface area contributed by atoms with Gasteiger partial charge in [-0.25, -0.2) is 9.97 Å². The molecule has 3 rings (SSSR count). The number of hydrogen-bond donors (Lipinski definition) is 1. The number of hydrogen-bond acceptors (Lipinski definition) is 5. The Kier molecular flexibility index (Phi) is 4.18. The molecule has 2 aromatic heterocycles. The summed E-state index contributed by atoms with van der Waals surface area (Å²) in [6, 6.07) is 7.46. The molecule has 0 radical (unpaired) electrons. The largest absolute Gasteiger partial charge is 0.397 e. The molecule has 114 valence electrons. The highest BCUT2D eigenvalue weighted by molar-refractivity contribution is 5.96. The normalized spacial score (nSPS) is 10.6. The molecule has 0 atom stereocenters. The van der Waals surface area contributed by atoms with Crippen molar-refractivity contribution >= 4 is 16.6 Å². The van der Waals surface area contributed by atoms with Crippen LogP contribution in [-0.4, -0.2) is 28.7 Å². The molecular formula is C18H16N4O. The van der Waals surface area contributed by atoms with Crippen LogP contribution in [-0.2, 0) is 11.2 Å². The smallest absolute Gasteiger partial charge is 0.161 e. The summed E-state index contributed by atoms with van der Waals surface area (Å²) in [4.78, 5) is 13.4. The molecule has 0 aliphatic rings. The first-order chi connectivity index (χ1) is 11.2. The number of nitrogen functional groups attached to an aromatic ring is 1. The lowest BCUT2D eigenvalue weighted by atomic mass is 10.0. The monoisotopic (exact) mass is 304 g/mol. The van der Waals surface area contributed by atoms with Crippen LogP contribution in [0.25, 0.3) is 22.3 Å². The average molecular weight is 304 g/mol. The maximum Gasteiger partial charge on any atom is 0.161 e. The van der Waals surface area contributed by atoms with Gasteiger partial charge in [0.15, 0.2) is 5.82 Å². The first kappa shape index (κ1) is 14.9. The molecule has 3 aromatic rings. The van der Waals surface area contributed by atoms with Gasteiger partial charge < -0.3 is 10.5 Å². The van der Waals surface area contributed by atoms with Gasteiger partial charge in [-0.15, -0.1) is 6.42 Å². The number of methoxy groups -OCH3 is 1. The molecule has 0 aliphatic heterocycles. The van der Waals surface area contributed by atoms with Crippen molar-refractivity contribution in [1.82, 2.24) is 15.0 Å². The Balaban J connectivity index is 2.25. The lowest BCUT2D eigenvalue weighted by Gasteiger charge is -2.11. The van der Waals surface area contributed by atoms with Gasteiger partial charge in [-0.2, -0.15) is 0 Å². The van der Waals surface area contributed by atoms with Gasteiger partial charge in [0.1, 0.15) is 0 Å². The minimum atomic E-state index is 0.536. The summed E-state index contributed by atoms with van der Waals surface area (Å²) in [5, 5.41) is 0.796.